The molecule has 1 unspecified atom stereocenters. The van der Waals surface area contributed by atoms with Crippen molar-refractivity contribution in [2.24, 2.45) is 5.92 Å². The topological polar surface area (TPSA) is 0 Å². The Morgan fingerprint density at radius 2 is 2.00 bits per heavy atom. The third kappa shape index (κ3) is 0.782. The van der Waals surface area contributed by atoms with E-state index in [0.29, 0.717) is 0 Å². The Bertz CT molecular complexity index is 302. The average Bonchev–Trinajstić information content (AvgIpc) is 2.05. The van der Waals surface area contributed by atoms with Crippen LogP contribution in [0.3, 0.4) is 0 Å². The van der Waals surface area contributed by atoms with Crippen LogP contribution in [-0.4, -0.2) is 0 Å². The van der Waals surface area contributed by atoms with E-state index in [0.717, 1.165) is 5.92 Å². The summed E-state index contributed by atoms with van der Waals surface area (Å²) in [4.78, 5) is 0. The first-order valence-corrected chi connectivity index (χ1v) is 5.05. The van der Waals surface area contributed by atoms with E-state index in [9.17, 15) is 0 Å². The summed E-state index contributed by atoms with van der Waals surface area (Å²) in [6.07, 6.45) is 13.9. The Balaban J connectivity index is 2.03. The summed E-state index contributed by atoms with van der Waals surface area (Å²) in [6.45, 7) is 0. The number of rotatable bonds is 0. The van der Waals surface area contributed by atoms with Gasteiger partial charge in [0.1, 0.15) is 0 Å². The van der Waals surface area contributed by atoms with Crippen LogP contribution < -0.4 is 0 Å². The molecule has 0 heteroatoms. The molecule has 3 rings (SSSR count). The summed E-state index contributed by atoms with van der Waals surface area (Å²) in [5.41, 5.74) is 5.04. The smallest absolute Gasteiger partial charge is 0.00855 e. The highest BCUT2D eigenvalue weighted by Crippen LogP contribution is 2.44. The number of fused-ring (bicyclic) bond motifs is 2. The lowest BCUT2D eigenvalue weighted by Crippen LogP contribution is -2.19. The maximum absolute atomic E-state index is 2.37. The quantitative estimate of drug-likeness (QED) is 0.507. The van der Waals surface area contributed by atoms with E-state index in [1.165, 1.54) is 32.1 Å². The van der Waals surface area contributed by atoms with Crippen molar-refractivity contribution < 1.29 is 0 Å². The van der Waals surface area contributed by atoms with Crippen LogP contribution in [0.4, 0.5) is 0 Å². The van der Waals surface area contributed by atoms with Gasteiger partial charge in [0.15, 0.2) is 0 Å². The summed E-state index contributed by atoms with van der Waals surface area (Å²) < 4.78 is 0. The predicted octanol–water partition coefficient (Wildman–Crippen LogP) is 3.37. The maximum atomic E-state index is 2.37. The van der Waals surface area contributed by atoms with Crippen molar-refractivity contribution in [2.75, 3.05) is 0 Å². The molecule has 0 aromatic rings. The fourth-order valence-electron chi connectivity index (χ4n) is 2.64. The zero-order chi connectivity index (χ0) is 7.97. The molecule has 0 radical (unpaired) electrons. The van der Waals surface area contributed by atoms with E-state index >= 15 is 0 Å². The van der Waals surface area contributed by atoms with Gasteiger partial charge in [0.05, 0.1) is 0 Å². The third-order valence-electron chi connectivity index (χ3n) is 3.44. The molecule has 1 atom stereocenters. The average molecular weight is 158 g/mol. The Labute approximate surface area is 73.7 Å². The van der Waals surface area contributed by atoms with E-state index in [1.807, 2.05) is 0 Å². The first-order valence-electron chi connectivity index (χ1n) is 5.05. The summed E-state index contributed by atoms with van der Waals surface area (Å²) in [6, 6.07) is 0. The second-order valence-electron chi connectivity index (χ2n) is 4.08. The van der Waals surface area contributed by atoms with Crippen molar-refractivity contribution in [3.63, 3.8) is 0 Å². The molecule has 0 N–H and O–H groups in total. The zero-order valence-corrected chi connectivity index (χ0v) is 7.34. The van der Waals surface area contributed by atoms with Crippen LogP contribution in [0.25, 0.3) is 0 Å². The molecule has 0 saturated carbocycles. The van der Waals surface area contributed by atoms with Gasteiger partial charge in [-0.3, -0.25) is 0 Å². The van der Waals surface area contributed by atoms with Gasteiger partial charge in [-0.1, -0.05) is 23.8 Å². The highest BCUT2D eigenvalue weighted by atomic mass is 14.3. The van der Waals surface area contributed by atoms with Crippen LogP contribution >= 0.6 is 0 Å². The molecule has 62 valence electrons. The number of hydrogen-bond acceptors (Lipinski definition) is 0. The molecule has 0 saturated heterocycles. The van der Waals surface area contributed by atoms with Crippen LogP contribution in [0.5, 0.6) is 0 Å². The minimum Gasteiger partial charge on any atom is -0.0798 e. The molecule has 3 aliphatic carbocycles. The van der Waals surface area contributed by atoms with Crippen LogP contribution in [-0.2, 0) is 0 Å². The molecule has 0 amide bonds. The van der Waals surface area contributed by atoms with Gasteiger partial charge in [-0.25, -0.2) is 0 Å². The fraction of sp³-hybridized carbons (Fsp3) is 0.500. The summed E-state index contributed by atoms with van der Waals surface area (Å²) in [5, 5.41) is 0. The predicted molar refractivity (Wildman–Crippen MR) is 50.8 cm³/mol. The summed E-state index contributed by atoms with van der Waals surface area (Å²) in [5.74, 6) is 0.852. The van der Waals surface area contributed by atoms with E-state index in [2.05, 4.69) is 18.2 Å². The Kier molecular flexibility index (Phi) is 1.31. The van der Waals surface area contributed by atoms with Crippen molar-refractivity contribution in [1.29, 1.82) is 0 Å². The highest BCUT2D eigenvalue weighted by molar-refractivity contribution is 5.48. The van der Waals surface area contributed by atoms with Gasteiger partial charge in [-0.2, -0.15) is 0 Å². The molecule has 3 aliphatic rings. The zero-order valence-electron chi connectivity index (χ0n) is 7.34. The summed E-state index contributed by atoms with van der Waals surface area (Å²) >= 11 is 0. The second-order valence-corrected chi connectivity index (χ2v) is 4.08. The van der Waals surface area contributed by atoms with Gasteiger partial charge in [-0.15, -0.1) is 0 Å². The molecule has 12 heavy (non-hydrogen) atoms. The van der Waals surface area contributed by atoms with Crippen molar-refractivity contribution >= 4 is 0 Å². The Morgan fingerprint density at radius 1 is 1.08 bits per heavy atom. The lowest BCUT2D eigenvalue weighted by atomic mass is 9.70. The SMILES string of the molecule is C1=CC2=C(CCCC2)C2CC=C12. The van der Waals surface area contributed by atoms with Gasteiger partial charge in [0, 0.05) is 5.92 Å². The van der Waals surface area contributed by atoms with E-state index in [1.54, 1.807) is 16.7 Å². The molecule has 0 spiro atoms. The van der Waals surface area contributed by atoms with Crippen LogP contribution in [0, 0.1) is 5.92 Å². The number of allylic oxidation sites excluding steroid dienone is 6. The molecule has 0 aromatic carbocycles. The second kappa shape index (κ2) is 2.35. The monoisotopic (exact) mass is 158 g/mol. The third-order valence-corrected chi connectivity index (χ3v) is 3.44. The molecule has 0 fully saturated rings. The van der Waals surface area contributed by atoms with Crippen LogP contribution in [0.2, 0.25) is 0 Å². The molecule has 0 aliphatic heterocycles. The van der Waals surface area contributed by atoms with E-state index < -0.39 is 0 Å². The molecular formula is C12H14. The molecule has 0 heterocycles. The van der Waals surface area contributed by atoms with E-state index in [4.69, 9.17) is 0 Å². The van der Waals surface area contributed by atoms with Gasteiger partial charge in [0.2, 0.25) is 0 Å². The normalized spacial score (nSPS) is 32.0. The van der Waals surface area contributed by atoms with Crippen molar-refractivity contribution in [3.8, 4) is 0 Å². The number of hydrogen-bond donors (Lipinski definition) is 0. The maximum Gasteiger partial charge on any atom is 0.00855 e. The molecule has 0 bridgehead atoms. The van der Waals surface area contributed by atoms with Crippen molar-refractivity contribution in [3.05, 3.63) is 34.9 Å². The van der Waals surface area contributed by atoms with Gasteiger partial charge in [-0.05, 0) is 43.3 Å². The van der Waals surface area contributed by atoms with Crippen LogP contribution in [0.15, 0.2) is 34.9 Å². The van der Waals surface area contributed by atoms with Crippen LogP contribution in [0.1, 0.15) is 32.1 Å². The fourth-order valence-corrected chi connectivity index (χ4v) is 2.64. The minimum atomic E-state index is 0.852. The van der Waals surface area contributed by atoms with Crippen molar-refractivity contribution in [1.82, 2.24) is 0 Å². The lowest BCUT2D eigenvalue weighted by molar-refractivity contribution is 0.564. The standard InChI is InChI=1S/C12H14/c1-2-4-11-9(3-1)5-6-10-7-8-12(10)11/h5-7,12H,1-4,8H2. The van der Waals surface area contributed by atoms with Gasteiger partial charge in [0.25, 0.3) is 0 Å². The Hall–Kier alpha value is -0.780. The first kappa shape index (κ1) is 6.71. The molecular weight excluding hydrogens is 144 g/mol. The Morgan fingerprint density at radius 3 is 2.83 bits per heavy atom. The van der Waals surface area contributed by atoms with Crippen molar-refractivity contribution in [2.45, 2.75) is 32.1 Å². The minimum absolute atomic E-state index is 0.852. The molecule has 0 aromatic heterocycles. The largest absolute Gasteiger partial charge is 0.0798 e. The summed E-state index contributed by atoms with van der Waals surface area (Å²) in [7, 11) is 0. The first-order chi connectivity index (χ1) is 5.95. The van der Waals surface area contributed by atoms with E-state index in [-0.39, 0.29) is 0 Å². The molecule has 0 nitrogen and oxygen atoms in total. The highest BCUT2D eigenvalue weighted by Gasteiger charge is 2.28. The van der Waals surface area contributed by atoms with Gasteiger partial charge < -0.3 is 0 Å². The lowest BCUT2D eigenvalue weighted by Gasteiger charge is -2.35. The van der Waals surface area contributed by atoms with Gasteiger partial charge >= 0.3 is 0 Å².